The van der Waals surface area contributed by atoms with Gasteiger partial charge in [-0.05, 0) is 37.8 Å². The molecule has 1 aromatic carbocycles. The number of hydrogen-bond donors (Lipinski definition) is 1. The molecule has 1 aliphatic carbocycles. The smallest absolute Gasteiger partial charge is 0.125 e. The van der Waals surface area contributed by atoms with Crippen LogP contribution in [0.5, 0.6) is 11.5 Å². The van der Waals surface area contributed by atoms with E-state index in [2.05, 4.69) is 11.8 Å². The van der Waals surface area contributed by atoms with Gasteiger partial charge in [0.2, 0.25) is 0 Å². The molecule has 1 fully saturated rings. The Bertz CT molecular complexity index is 468. The summed E-state index contributed by atoms with van der Waals surface area (Å²) in [7, 11) is 3.22. The van der Waals surface area contributed by atoms with Gasteiger partial charge >= 0.3 is 0 Å². The molecule has 3 nitrogen and oxygen atoms in total. The third-order valence-corrected chi connectivity index (χ3v) is 3.47. The molecule has 2 rings (SSSR count). The number of methoxy groups -OCH3 is 2. The molecule has 1 aliphatic rings. The van der Waals surface area contributed by atoms with Crippen LogP contribution in [0.2, 0.25) is 0 Å². The SMILES string of the molecule is COc1cc(C#CC2(O)CCCCC2)cc(OC)c1. The fourth-order valence-corrected chi connectivity index (χ4v) is 2.33. The van der Waals surface area contributed by atoms with Crippen LogP contribution in [0.1, 0.15) is 37.7 Å². The van der Waals surface area contributed by atoms with Crippen molar-refractivity contribution in [3.63, 3.8) is 0 Å². The van der Waals surface area contributed by atoms with E-state index in [0.717, 1.165) is 31.2 Å². The van der Waals surface area contributed by atoms with Crippen molar-refractivity contribution in [2.45, 2.75) is 37.7 Å². The maximum Gasteiger partial charge on any atom is 0.125 e. The lowest BCUT2D eigenvalue weighted by molar-refractivity contribution is 0.0610. The molecule has 0 bridgehead atoms. The van der Waals surface area contributed by atoms with Crippen molar-refractivity contribution in [1.82, 2.24) is 0 Å². The summed E-state index contributed by atoms with van der Waals surface area (Å²) >= 11 is 0. The summed E-state index contributed by atoms with van der Waals surface area (Å²) in [6.07, 6.45) is 4.82. The normalized spacial score (nSPS) is 17.2. The average molecular weight is 260 g/mol. The van der Waals surface area contributed by atoms with Crippen LogP contribution < -0.4 is 9.47 Å². The van der Waals surface area contributed by atoms with Gasteiger partial charge in [0.15, 0.2) is 0 Å². The lowest BCUT2D eigenvalue weighted by atomic mass is 9.85. The molecular formula is C16H20O3. The molecular weight excluding hydrogens is 240 g/mol. The number of ether oxygens (including phenoxy) is 2. The van der Waals surface area contributed by atoms with Crippen LogP contribution in [0.3, 0.4) is 0 Å². The molecule has 0 amide bonds. The summed E-state index contributed by atoms with van der Waals surface area (Å²) in [5, 5.41) is 10.3. The number of rotatable bonds is 2. The molecule has 1 aromatic rings. The molecule has 1 saturated carbocycles. The molecule has 0 unspecified atom stereocenters. The second kappa shape index (κ2) is 5.99. The highest BCUT2D eigenvalue weighted by Crippen LogP contribution is 2.28. The van der Waals surface area contributed by atoms with Gasteiger partial charge < -0.3 is 14.6 Å². The first-order valence-corrected chi connectivity index (χ1v) is 6.64. The van der Waals surface area contributed by atoms with Gasteiger partial charge in [0, 0.05) is 11.6 Å². The summed E-state index contributed by atoms with van der Waals surface area (Å²) in [5.74, 6) is 7.47. The van der Waals surface area contributed by atoms with Crippen molar-refractivity contribution in [1.29, 1.82) is 0 Å². The average Bonchev–Trinajstić information content (AvgIpc) is 2.45. The van der Waals surface area contributed by atoms with E-state index in [0.29, 0.717) is 11.5 Å². The van der Waals surface area contributed by atoms with Gasteiger partial charge in [0.25, 0.3) is 0 Å². The first-order valence-electron chi connectivity index (χ1n) is 6.64. The van der Waals surface area contributed by atoms with Gasteiger partial charge in [-0.3, -0.25) is 0 Å². The Morgan fingerprint density at radius 1 is 1.00 bits per heavy atom. The summed E-state index contributed by atoms with van der Waals surface area (Å²) in [6.45, 7) is 0. The van der Waals surface area contributed by atoms with Crippen LogP contribution in [0.25, 0.3) is 0 Å². The largest absolute Gasteiger partial charge is 0.497 e. The lowest BCUT2D eigenvalue weighted by Gasteiger charge is -2.26. The molecule has 0 heterocycles. The second-order valence-electron chi connectivity index (χ2n) is 4.94. The first-order chi connectivity index (χ1) is 9.15. The van der Waals surface area contributed by atoms with Crippen LogP contribution in [-0.4, -0.2) is 24.9 Å². The van der Waals surface area contributed by atoms with Crippen molar-refractivity contribution in [3.05, 3.63) is 23.8 Å². The maximum atomic E-state index is 10.3. The van der Waals surface area contributed by atoms with Gasteiger partial charge in [0.1, 0.15) is 17.1 Å². The zero-order valence-electron chi connectivity index (χ0n) is 11.5. The van der Waals surface area contributed by atoms with E-state index in [1.54, 1.807) is 20.3 Å². The molecule has 0 radical (unpaired) electrons. The van der Waals surface area contributed by atoms with E-state index in [1.165, 1.54) is 6.42 Å². The fraction of sp³-hybridized carbons (Fsp3) is 0.500. The first kappa shape index (κ1) is 13.8. The minimum atomic E-state index is -0.825. The Kier molecular flexibility index (Phi) is 4.34. The highest BCUT2D eigenvalue weighted by molar-refractivity contribution is 5.46. The summed E-state index contributed by atoms with van der Waals surface area (Å²) < 4.78 is 10.4. The van der Waals surface area contributed by atoms with E-state index in [9.17, 15) is 5.11 Å². The molecule has 0 aromatic heterocycles. The third kappa shape index (κ3) is 3.65. The quantitative estimate of drug-likeness (QED) is 0.831. The van der Waals surface area contributed by atoms with E-state index >= 15 is 0 Å². The molecule has 0 spiro atoms. The van der Waals surface area contributed by atoms with Crippen LogP contribution >= 0.6 is 0 Å². The van der Waals surface area contributed by atoms with Crippen LogP contribution in [-0.2, 0) is 0 Å². The Morgan fingerprint density at radius 3 is 2.11 bits per heavy atom. The predicted octanol–water partition coefficient (Wildman–Crippen LogP) is 2.75. The highest BCUT2D eigenvalue weighted by Gasteiger charge is 2.26. The summed E-state index contributed by atoms with van der Waals surface area (Å²) in [4.78, 5) is 0. The second-order valence-corrected chi connectivity index (χ2v) is 4.94. The van der Waals surface area contributed by atoms with Crippen LogP contribution in [0.15, 0.2) is 18.2 Å². The lowest BCUT2D eigenvalue weighted by Crippen LogP contribution is -2.29. The van der Waals surface area contributed by atoms with Crippen molar-refractivity contribution in [2.75, 3.05) is 14.2 Å². The molecule has 0 aliphatic heterocycles. The van der Waals surface area contributed by atoms with Crippen LogP contribution in [0.4, 0.5) is 0 Å². The standard InChI is InChI=1S/C16H20O3/c1-18-14-10-13(11-15(12-14)19-2)6-9-16(17)7-4-3-5-8-16/h10-12,17H,3-5,7-8H2,1-2H3. The zero-order chi connectivity index (χ0) is 13.7. The van der Waals surface area contributed by atoms with Crippen molar-refractivity contribution >= 4 is 0 Å². The van der Waals surface area contributed by atoms with E-state index in [-0.39, 0.29) is 0 Å². The van der Waals surface area contributed by atoms with E-state index < -0.39 is 5.60 Å². The monoisotopic (exact) mass is 260 g/mol. The maximum absolute atomic E-state index is 10.3. The van der Waals surface area contributed by atoms with Crippen molar-refractivity contribution in [2.24, 2.45) is 0 Å². The van der Waals surface area contributed by atoms with Crippen molar-refractivity contribution in [3.8, 4) is 23.3 Å². The Labute approximate surface area is 114 Å². The van der Waals surface area contributed by atoms with Crippen molar-refractivity contribution < 1.29 is 14.6 Å². The molecule has 102 valence electrons. The summed E-state index contributed by atoms with van der Waals surface area (Å²) in [6, 6.07) is 5.50. The fourth-order valence-electron chi connectivity index (χ4n) is 2.33. The minimum absolute atomic E-state index is 0.708. The third-order valence-electron chi connectivity index (χ3n) is 3.47. The molecule has 3 heteroatoms. The van der Waals surface area contributed by atoms with E-state index in [1.807, 2.05) is 12.1 Å². The molecule has 0 saturated heterocycles. The van der Waals surface area contributed by atoms with E-state index in [4.69, 9.17) is 9.47 Å². The number of hydrogen-bond acceptors (Lipinski definition) is 3. The van der Waals surface area contributed by atoms with Gasteiger partial charge in [0.05, 0.1) is 14.2 Å². The minimum Gasteiger partial charge on any atom is -0.497 e. The Hall–Kier alpha value is -1.66. The Morgan fingerprint density at radius 2 is 1.58 bits per heavy atom. The topological polar surface area (TPSA) is 38.7 Å². The van der Waals surface area contributed by atoms with Gasteiger partial charge in [-0.15, -0.1) is 0 Å². The summed E-state index contributed by atoms with van der Waals surface area (Å²) in [5.41, 5.74) is -0.0237. The predicted molar refractivity (Wildman–Crippen MR) is 74.5 cm³/mol. The van der Waals surface area contributed by atoms with Crippen LogP contribution in [0, 0.1) is 11.8 Å². The molecule has 19 heavy (non-hydrogen) atoms. The Balaban J connectivity index is 2.23. The zero-order valence-corrected chi connectivity index (χ0v) is 11.5. The highest BCUT2D eigenvalue weighted by atomic mass is 16.5. The van der Waals surface area contributed by atoms with Gasteiger partial charge in [-0.1, -0.05) is 18.3 Å². The van der Waals surface area contributed by atoms with Gasteiger partial charge in [-0.2, -0.15) is 0 Å². The van der Waals surface area contributed by atoms with Gasteiger partial charge in [-0.25, -0.2) is 0 Å². The number of benzene rings is 1. The molecule has 0 atom stereocenters. The number of aliphatic hydroxyl groups is 1. The molecule has 1 N–H and O–H groups in total.